The quantitative estimate of drug-likeness (QED) is 0.350. The fourth-order valence-electron chi connectivity index (χ4n) is 2.65. The molecule has 142 valence electrons. The van der Waals surface area contributed by atoms with Gasteiger partial charge < -0.3 is 24.5 Å². The van der Waals surface area contributed by atoms with E-state index in [0.29, 0.717) is 43.1 Å². The van der Waals surface area contributed by atoms with E-state index in [4.69, 9.17) is 13.9 Å². The highest BCUT2D eigenvalue weighted by atomic mass is 16.5. The summed E-state index contributed by atoms with van der Waals surface area (Å²) in [4.78, 5) is 8.57. The third-order valence-corrected chi connectivity index (χ3v) is 4.01. The lowest BCUT2D eigenvalue weighted by molar-refractivity contribution is 0.0168. The van der Waals surface area contributed by atoms with Crippen molar-refractivity contribution in [2.75, 3.05) is 33.4 Å². The van der Waals surface area contributed by atoms with E-state index < -0.39 is 0 Å². The summed E-state index contributed by atoms with van der Waals surface area (Å²) < 4.78 is 16.4. The maximum absolute atomic E-state index is 5.64. The minimum atomic E-state index is 0.283. The fraction of sp³-hybridized carbons (Fsp3) is 0.588. The van der Waals surface area contributed by atoms with Crippen LogP contribution >= 0.6 is 0 Å². The van der Waals surface area contributed by atoms with Gasteiger partial charge in [0.25, 0.3) is 0 Å². The molecule has 2 aromatic heterocycles. The predicted octanol–water partition coefficient (Wildman–Crippen LogP) is 1.32. The van der Waals surface area contributed by atoms with Gasteiger partial charge in [0, 0.05) is 26.8 Å². The second-order valence-corrected chi connectivity index (χ2v) is 6.00. The number of hydrogen-bond acceptors (Lipinski definition) is 6. The van der Waals surface area contributed by atoms with Crippen molar-refractivity contribution in [3.05, 3.63) is 24.2 Å². The molecule has 1 unspecified atom stereocenters. The van der Waals surface area contributed by atoms with Crippen molar-refractivity contribution in [2.45, 2.75) is 31.9 Å². The van der Waals surface area contributed by atoms with E-state index in [-0.39, 0.29) is 6.10 Å². The van der Waals surface area contributed by atoms with E-state index in [0.717, 1.165) is 32.4 Å². The van der Waals surface area contributed by atoms with Gasteiger partial charge in [0.1, 0.15) is 5.82 Å². The Balaban J connectivity index is 1.29. The summed E-state index contributed by atoms with van der Waals surface area (Å²) in [6.45, 7) is 3.53. The standard InChI is InChI=1S/C17H26N6O3/c1-18-17(19-7-4-8-24-12-13-5-2-9-25-13)20-11-15-21-16(23-22-15)14-6-3-10-26-14/h3,6,10,13H,2,4-5,7-9,11-12H2,1H3,(H2,18,19,20)(H,21,22,23). The number of H-pyrrole nitrogens is 1. The number of furan rings is 1. The molecule has 3 heterocycles. The van der Waals surface area contributed by atoms with E-state index in [1.54, 1.807) is 19.4 Å². The van der Waals surface area contributed by atoms with Crippen molar-refractivity contribution in [1.29, 1.82) is 0 Å². The molecule has 0 aromatic carbocycles. The number of hydrogen-bond donors (Lipinski definition) is 3. The second kappa shape index (κ2) is 9.93. The molecule has 1 aliphatic rings. The maximum atomic E-state index is 5.64. The van der Waals surface area contributed by atoms with E-state index >= 15 is 0 Å². The van der Waals surface area contributed by atoms with Gasteiger partial charge in [0.05, 0.1) is 25.5 Å². The Kier molecular flexibility index (Phi) is 7.03. The van der Waals surface area contributed by atoms with Crippen molar-refractivity contribution < 1.29 is 13.9 Å². The van der Waals surface area contributed by atoms with Crippen LogP contribution in [0.3, 0.4) is 0 Å². The SMILES string of the molecule is CN=C(NCCCOCC1CCCO1)NCc1nc(-c2ccco2)n[nH]1. The average molecular weight is 362 g/mol. The van der Waals surface area contributed by atoms with Crippen molar-refractivity contribution in [3.63, 3.8) is 0 Å². The summed E-state index contributed by atoms with van der Waals surface area (Å²) in [7, 11) is 1.73. The molecule has 9 nitrogen and oxygen atoms in total. The molecule has 1 saturated heterocycles. The molecular weight excluding hydrogens is 336 g/mol. The molecule has 0 radical (unpaired) electrons. The van der Waals surface area contributed by atoms with Crippen LogP contribution in [0.5, 0.6) is 0 Å². The van der Waals surface area contributed by atoms with Crippen molar-refractivity contribution in [2.24, 2.45) is 4.99 Å². The summed E-state index contributed by atoms with van der Waals surface area (Å²) in [5, 5.41) is 13.5. The molecule has 9 heteroatoms. The zero-order valence-electron chi connectivity index (χ0n) is 15.0. The number of aliphatic imine (C=N–C) groups is 1. The number of guanidine groups is 1. The molecule has 3 N–H and O–H groups in total. The lowest BCUT2D eigenvalue weighted by atomic mass is 10.2. The highest BCUT2D eigenvalue weighted by molar-refractivity contribution is 5.79. The molecule has 26 heavy (non-hydrogen) atoms. The van der Waals surface area contributed by atoms with E-state index in [2.05, 4.69) is 30.8 Å². The van der Waals surface area contributed by atoms with Crippen LogP contribution in [0, 0.1) is 0 Å². The normalized spacial score (nSPS) is 17.6. The van der Waals surface area contributed by atoms with Gasteiger partial charge in [-0.05, 0) is 31.4 Å². The smallest absolute Gasteiger partial charge is 0.216 e. The Morgan fingerprint density at radius 3 is 3.19 bits per heavy atom. The molecule has 0 saturated carbocycles. The molecule has 0 spiro atoms. The molecule has 1 atom stereocenters. The van der Waals surface area contributed by atoms with Gasteiger partial charge in [-0.2, -0.15) is 0 Å². The van der Waals surface area contributed by atoms with Crippen molar-refractivity contribution in [1.82, 2.24) is 25.8 Å². The molecule has 0 amide bonds. The van der Waals surface area contributed by atoms with Gasteiger partial charge in [0.15, 0.2) is 11.7 Å². The third-order valence-electron chi connectivity index (χ3n) is 4.01. The van der Waals surface area contributed by atoms with Crippen LogP contribution in [0.1, 0.15) is 25.1 Å². The number of aromatic amines is 1. The van der Waals surface area contributed by atoms with Crippen LogP contribution in [0.15, 0.2) is 27.8 Å². The highest BCUT2D eigenvalue weighted by Crippen LogP contribution is 2.14. The van der Waals surface area contributed by atoms with Gasteiger partial charge in [-0.3, -0.25) is 10.1 Å². The van der Waals surface area contributed by atoms with Crippen LogP contribution in [-0.2, 0) is 16.0 Å². The second-order valence-electron chi connectivity index (χ2n) is 6.00. The first-order valence-electron chi connectivity index (χ1n) is 8.94. The fourth-order valence-corrected chi connectivity index (χ4v) is 2.65. The maximum Gasteiger partial charge on any atom is 0.216 e. The molecule has 1 aliphatic heterocycles. The Morgan fingerprint density at radius 2 is 2.42 bits per heavy atom. The summed E-state index contributed by atoms with van der Waals surface area (Å²) in [6, 6.07) is 3.63. The number of nitrogens with zero attached hydrogens (tertiary/aromatic N) is 3. The summed E-state index contributed by atoms with van der Waals surface area (Å²) >= 11 is 0. The summed E-state index contributed by atoms with van der Waals surface area (Å²) in [6.07, 6.45) is 5.03. The topological polar surface area (TPSA) is 110 Å². The highest BCUT2D eigenvalue weighted by Gasteiger charge is 2.14. The minimum absolute atomic E-state index is 0.283. The molecular formula is C17H26N6O3. The Labute approximate surface area is 152 Å². The lowest BCUT2D eigenvalue weighted by Crippen LogP contribution is -2.37. The monoisotopic (exact) mass is 362 g/mol. The Bertz CT molecular complexity index is 664. The molecule has 0 bridgehead atoms. The first-order chi connectivity index (χ1) is 12.8. The molecule has 2 aromatic rings. The van der Waals surface area contributed by atoms with E-state index in [9.17, 15) is 0 Å². The van der Waals surface area contributed by atoms with E-state index in [1.807, 2.05) is 6.07 Å². The van der Waals surface area contributed by atoms with Crippen LogP contribution in [0.2, 0.25) is 0 Å². The number of aromatic nitrogens is 3. The Morgan fingerprint density at radius 1 is 1.46 bits per heavy atom. The largest absolute Gasteiger partial charge is 0.461 e. The number of ether oxygens (including phenoxy) is 2. The minimum Gasteiger partial charge on any atom is -0.461 e. The van der Waals surface area contributed by atoms with Crippen molar-refractivity contribution in [3.8, 4) is 11.6 Å². The summed E-state index contributed by atoms with van der Waals surface area (Å²) in [5.74, 6) is 2.59. The zero-order chi connectivity index (χ0) is 18.0. The first kappa shape index (κ1) is 18.4. The first-order valence-corrected chi connectivity index (χ1v) is 8.94. The molecule has 1 fully saturated rings. The Hall–Kier alpha value is -2.39. The van der Waals surface area contributed by atoms with Crippen LogP contribution in [-0.4, -0.2) is 60.7 Å². The van der Waals surface area contributed by atoms with Crippen molar-refractivity contribution >= 4 is 5.96 Å². The van der Waals surface area contributed by atoms with Gasteiger partial charge in [-0.1, -0.05) is 0 Å². The predicted molar refractivity (Wildman–Crippen MR) is 96.7 cm³/mol. The van der Waals surface area contributed by atoms with Gasteiger partial charge in [0.2, 0.25) is 5.82 Å². The average Bonchev–Trinajstić information content (AvgIpc) is 3.42. The molecule has 3 rings (SSSR count). The third kappa shape index (κ3) is 5.57. The van der Waals surface area contributed by atoms with Gasteiger partial charge in [-0.15, -0.1) is 5.10 Å². The lowest BCUT2D eigenvalue weighted by Gasteiger charge is -2.12. The van der Waals surface area contributed by atoms with Gasteiger partial charge in [-0.25, -0.2) is 4.98 Å². The van der Waals surface area contributed by atoms with Crippen LogP contribution in [0.4, 0.5) is 0 Å². The van der Waals surface area contributed by atoms with Crippen LogP contribution in [0.25, 0.3) is 11.6 Å². The van der Waals surface area contributed by atoms with Crippen LogP contribution < -0.4 is 10.6 Å². The zero-order valence-corrected chi connectivity index (χ0v) is 15.0. The number of nitrogens with one attached hydrogen (secondary N) is 3. The van der Waals surface area contributed by atoms with Gasteiger partial charge >= 0.3 is 0 Å². The molecule has 0 aliphatic carbocycles. The number of rotatable bonds is 9. The van der Waals surface area contributed by atoms with E-state index in [1.165, 1.54) is 0 Å². The summed E-state index contributed by atoms with van der Waals surface area (Å²) in [5.41, 5.74) is 0.